The van der Waals surface area contributed by atoms with Gasteiger partial charge >= 0.3 is 24.8 Å². The predicted octanol–water partition coefficient (Wildman–Crippen LogP) is 2.03. The molecule has 0 aliphatic heterocycles. The molecule has 0 saturated carbocycles. The number of amides is 2. The average Bonchev–Trinajstić information content (AvgIpc) is 2.50. The van der Waals surface area contributed by atoms with Gasteiger partial charge in [-0.15, -0.1) is 0 Å². The standard InChI is InChI=1S/C14H15F5N2O5/c1-13(25,10(22)23)6-20-12(24)21-9(14(17,18)19)7-2-4-8(5-3-7)26-11(15)16/h2-5,9,11,25H,6H2,1H3,(H,22,23)(H2,20,21,24). The molecule has 2 atom stereocenters. The quantitative estimate of drug-likeness (QED) is 0.537. The lowest BCUT2D eigenvalue weighted by molar-refractivity contribution is -0.157. The third kappa shape index (κ3) is 6.35. The molecule has 0 bridgehead atoms. The van der Waals surface area contributed by atoms with Crippen LogP contribution in [0, 0.1) is 0 Å². The molecule has 0 saturated heterocycles. The third-order valence-electron chi connectivity index (χ3n) is 3.10. The summed E-state index contributed by atoms with van der Waals surface area (Å²) in [5, 5.41) is 21.5. The number of hydrogen-bond acceptors (Lipinski definition) is 4. The van der Waals surface area contributed by atoms with Gasteiger partial charge in [-0.1, -0.05) is 12.1 Å². The topological polar surface area (TPSA) is 108 Å². The largest absolute Gasteiger partial charge is 0.479 e. The molecule has 0 aliphatic rings. The first-order valence-electron chi connectivity index (χ1n) is 6.94. The minimum absolute atomic E-state index is 0.369. The second kappa shape index (κ2) is 8.17. The van der Waals surface area contributed by atoms with E-state index in [0.717, 1.165) is 31.2 Å². The number of aliphatic hydroxyl groups is 1. The zero-order valence-corrected chi connectivity index (χ0v) is 13.2. The van der Waals surface area contributed by atoms with Crippen molar-refractivity contribution in [3.8, 4) is 5.75 Å². The fourth-order valence-electron chi connectivity index (χ4n) is 1.71. The minimum atomic E-state index is -4.93. The number of carboxylic acids is 1. The molecule has 12 heteroatoms. The Balaban J connectivity index is 2.85. The van der Waals surface area contributed by atoms with E-state index < -0.39 is 48.5 Å². The maximum absolute atomic E-state index is 13.1. The minimum Gasteiger partial charge on any atom is -0.479 e. The smallest absolute Gasteiger partial charge is 0.412 e. The highest BCUT2D eigenvalue weighted by molar-refractivity contribution is 5.79. The van der Waals surface area contributed by atoms with Gasteiger partial charge in [0.05, 0.1) is 6.54 Å². The van der Waals surface area contributed by atoms with Gasteiger partial charge in [-0.05, 0) is 24.6 Å². The van der Waals surface area contributed by atoms with Gasteiger partial charge in [0.15, 0.2) is 11.6 Å². The summed E-state index contributed by atoms with van der Waals surface area (Å²) in [6.45, 7) is -3.15. The Morgan fingerprint density at radius 1 is 1.19 bits per heavy atom. The van der Waals surface area contributed by atoms with Crippen LogP contribution < -0.4 is 15.4 Å². The highest BCUT2D eigenvalue weighted by Crippen LogP contribution is 2.33. The van der Waals surface area contributed by atoms with Crippen molar-refractivity contribution in [1.82, 2.24) is 10.6 Å². The number of rotatable bonds is 7. The number of alkyl halides is 5. The van der Waals surface area contributed by atoms with E-state index >= 15 is 0 Å². The van der Waals surface area contributed by atoms with Gasteiger partial charge in [-0.3, -0.25) is 0 Å². The zero-order valence-electron chi connectivity index (χ0n) is 13.2. The molecule has 146 valence electrons. The van der Waals surface area contributed by atoms with E-state index in [1.54, 1.807) is 5.32 Å². The molecule has 0 heterocycles. The number of carbonyl (C=O) groups is 2. The summed E-state index contributed by atoms with van der Waals surface area (Å²) in [4.78, 5) is 22.3. The number of halogens is 5. The van der Waals surface area contributed by atoms with Gasteiger partial charge in [0, 0.05) is 0 Å². The Labute approximate surface area is 143 Å². The lowest BCUT2D eigenvalue weighted by Gasteiger charge is -2.24. The third-order valence-corrected chi connectivity index (χ3v) is 3.10. The number of carbonyl (C=O) groups excluding carboxylic acids is 1. The number of nitrogens with one attached hydrogen (secondary N) is 2. The molecule has 4 N–H and O–H groups in total. The van der Waals surface area contributed by atoms with Crippen LogP contribution in [0.25, 0.3) is 0 Å². The van der Waals surface area contributed by atoms with E-state index in [0.29, 0.717) is 0 Å². The lowest BCUT2D eigenvalue weighted by Crippen LogP contribution is -2.51. The average molecular weight is 386 g/mol. The van der Waals surface area contributed by atoms with Crippen LogP contribution in [0.1, 0.15) is 18.5 Å². The number of ether oxygens (including phenoxy) is 1. The Hall–Kier alpha value is -2.63. The van der Waals surface area contributed by atoms with Gasteiger partial charge in [-0.2, -0.15) is 22.0 Å². The van der Waals surface area contributed by atoms with E-state index in [9.17, 15) is 36.6 Å². The molecule has 1 rings (SSSR count). The summed E-state index contributed by atoms with van der Waals surface area (Å²) in [6.07, 6.45) is -4.93. The monoisotopic (exact) mass is 386 g/mol. The van der Waals surface area contributed by atoms with Crippen molar-refractivity contribution in [2.24, 2.45) is 0 Å². The van der Waals surface area contributed by atoms with Gasteiger partial charge in [0.25, 0.3) is 0 Å². The SMILES string of the molecule is CC(O)(CNC(=O)NC(c1ccc(OC(F)F)cc1)C(F)(F)F)C(=O)O. The first kappa shape index (κ1) is 21.4. The van der Waals surface area contributed by atoms with E-state index in [1.807, 2.05) is 5.32 Å². The molecule has 0 fully saturated rings. The molecule has 2 unspecified atom stereocenters. The Kier molecular flexibility index (Phi) is 6.73. The van der Waals surface area contributed by atoms with Crippen LogP contribution in [0.2, 0.25) is 0 Å². The molecular formula is C14H15F5N2O5. The van der Waals surface area contributed by atoms with Crippen LogP contribution >= 0.6 is 0 Å². The second-order valence-corrected chi connectivity index (χ2v) is 5.33. The van der Waals surface area contributed by atoms with Crippen molar-refractivity contribution in [3.63, 3.8) is 0 Å². The fraction of sp³-hybridized carbons (Fsp3) is 0.429. The highest BCUT2D eigenvalue weighted by Gasteiger charge is 2.42. The molecule has 1 aromatic carbocycles. The molecule has 0 radical (unpaired) electrons. The number of benzene rings is 1. The summed E-state index contributed by atoms with van der Waals surface area (Å²) in [6, 6.07) is -0.475. The first-order chi connectivity index (χ1) is 11.8. The highest BCUT2D eigenvalue weighted by atomic mass is 19.4. The van der Waals surface area contributed by atoms with Crippen molar-refractivity contribution in [2.75, 3.05) is 6.54 Å². The summed E-state index contributed by atoms with van der Waals surface area (Å²) >= 11 is 0. The lowest BCUT2D eigenvalue weighted by atomic mass is 10.1. The van der Waals surface area contributed by atoms with Crippen LogP contribution in [0.4, 0.5) is 26.7 Å². The summed E-state index contributed by atoms with van der Waals surface area (Å²) < 4.78 is 67.5. The molecule has 0 spiro atoms. The van der Waals surface area contributed by atoms with Crippen molar-refractivity contribution >= 4 is 12.0 Å². The number of aliphatic carboxylic acids is 1. The van der Waals surface area contributed by atoms with Crippen molar-refractivity contribution in [2.45, 2.75) is 31.4 Å². The molecule has 1 aromatic rings. The zero-order chi connectivity index (χ0) is 20.1. The first-order valence-corrected chi connectivity index (χ1v) is 6.94. The molecule has 0 aliphatic carbocycles. The Bertz CT molecular complexity index is 634. The summed E-state index contributed by atoms with van der Waals surface area (Å²) in [5.74, 6) is -2.05. The van der Waals surface area contributed by atoms with Crippen LogP contribution in [0.5, 0.6) is 5.75 Å². The molecule has 7 nitrogen and oxygen atoms in total. The van der Waals surface area contributed by atoms with E-state index in [2.05, 4.69) is 4.74 Å². The summed E-state index contributed by atoms with van der Waals surface area (Å²) in [7, 11) is 0. The molecular weight excluding hydrogens is 371 g/mol. The molecule has 26 heavy (non-hydrogen) atoms. The normalized spacial score (nSPS) is 15.1. The maximum atomic E-state index is 13.1. The Morgan fingerprint density at radius 3 is 2.15 bits per heavy atom. The number of hydrogen-bond donors (Lipinski definition) is 4. The second-order valence-electron chi connectivity index (χ2n) is 5.33. The van der Waals surface area contributed by atoms with Crippen molar-refractivity contribution in [3.05, 3.63) is 29.8 Å². The number of carboxylic acid groups (broad SMARTS) is 1. The fourth-order valence-corrected chi connectivity index (χ4v) is 1.71. The maximum Gasteiger partial charge on any atom is 0.412 e. The van der Waals surface area contributed by atoms with E-state index in [1.165, 1.54) is 0 Å². The molecule has 0 aromatic heterocycles. The van der Waals surface area contributed by atoms with Crippen LogP contribution in [-0.4, -0.2) is 47.1 Å². The van der Waals surface area contributed by atoms with Gasteiger partial charge in [0.2, 0.25) is 0 Å². The van der Waals surface area contributed by atoms with Crippen LogP contribution in [0.15, 0.2) is 24.3 Å². The van der Waals surface area contributed by atoms with E-state index in [-0.39, 0.29) is 5.75 Å². The summed E-state index contributed by atoms with van der Waals surface area (Å²) in [5.41, 5.74) is -2.85. The predicted molar refractivity (Wildman–Crippen MR) is 76.7 cm³/mol. The van der Waals surface area contributed by atoms with E-state index in [4.69, 9.17) is 5.11 Å². The van der Waals surface area contributed by atoms with Crippen molar-refractivity contribution < 1.29 is 46.5 Å². The van der Waals surface area contributed by atoms with Crippen LogP contribution in [-0.2, 0) is 4.79 Å². The van der Waals surface area contributed by atoms with Gasteiger partial charge in [0.1, 0.15) is 5.75 Å². The molecule has 2 amide bonds. The van der Waals surface area contributed by atoms with Crippen molar-refractivity contribution in [1.29, 1.82) is 0 Å². The van der Waals surface area contributed by atoms with Gasteiger partial charge in [-0.25, -0.2) is 9.59 Å². The number of urea groups is 1. The van der Waals surface area contributed by atoms with Crippen LogP contribution in [0.3, 0.4) is 0 Å². The Morgan fingerprint density at radius 2 is 1.73 bits per heavy atom. The van der Waals surface area contributed by atoms with Gasteiger partial charge < -0.3 is 25.6 Å².